The molecule has 3 nitrogen and oxygen atoms in total. The fraction of sp³-hybridized carbons (Fsp3) is 1.00. The van der Waals surface area contributed by atoms with Crippen LogP contribution in [0.1, 0.15) is 13.8 Å². The minimum absolute atomic E-state index is 0. The van der Waals surface area contributed by atoms with Gasteiger partial charge in [-0.3, -0.25) is 0 Å². The summed E-state index contributed by atoms with van der Waals surface area (Å²) in [5, 5.41) is 15.1. The molecule has 0 aromatic heterocycles. The third-order valence-corrected chi connectivity index (χ3v) is 0. The molecule has 0 saturated carbocycles. The molecule has 0 rings (SSSR count). The van der Waals surface area contributed by atoms with E-state index in [9.17, 15) is 0 Å². The second-order valence-electron chi connectivity index (χ2n) is 0.632. The standard InChI is InChI=1S/2C2H6O.2ClH.O.Ti/c2*1-2-3;;;;/h2*3H,2H2,1H3;2*1H;;. The van der Waals surface area contributed by atoms with Gasteiger partial charge in [0.1, 0.15) is 0 Å². The number of aliphatic hydroxyl groups is 2. The van der Waals surface area contributed by atoms with Crippen molar-refractivity contribution in [2.45, 2.75) is 13.8 Å². The van der Waals surface area contributed by atoms with Gasteiger partial charge in [-0.1, -0.05) is 0 Å². The number of aliphatic hydroxyl groups excluding tert-OH is 2. The van der Waals surface area contributed by atoms with Crippen LogP contribution in [0.4, 0.5) is 0 Å². The van der Waals surface area contributed by atoms with Crippen LogP contribution in [0.2, 0.25) is 0 Å². The maximum absolute atomic E-state index is 8.25. The van der Waals surface area contributed by atoms with Crippen LogP contribution in [0.3, 0.4) is 0 Å². The van der Waals surface area contributed by atoms with Gasteiger partial charge in [-0.25, -0.2) is 0 Å². The molecule has 0 fully saturated rings. The Morgan fingerprint density at radius 3 is 1.00 bits per heavy atom. The van der Waals surface area contributed by atoms with Crippen LogP contribution in [-0.4, -0.2) is 23.4 Å². The summed E-state index contributed by atoms with van der Waals surface area (Å²) in [6.45, 7) is 3.86. The van der Waals surface area contributed by atoms with E-state index >= 15 is 0 Å². The summed E-state index contributed by atoms with van der Waals surface area (Å²) in [4.78, 5) is 0. The van der Waals surface area contributed by atoms with Crippen molar-refractivity contribution in [3.05, 3.63) is 0 Å². The summed E-state index contributed by atoms with van der Waals surface area (Å²) < 4.78 is 8.25. The van der Waals surface area contributed by atoms with Crippen molar-refractivity contribution in [1.29, 1.82) is 0 Å². The van der Waals surface area contributed by atoms with Crippen LogP contribution in [0.15, 0.2) is 0 Å². The van der Waals surface area contributed by atoms with Gasteiger partial charge in [-0.05, 0) is 13.8 Å². The van der Waals surface area contributed by atoms with Gasteiger partial charge in [0.05, 0.1) is 0 Å². The molecule has 66 valence electrons. The first-order chi connectivity index (χ1) is 3.83. The van der Waals surface area contributed by atoms with Crippen molar-refractivity contribution >= 4 is 24.8 Å². The molecule has 6 heteroatoms. The van der Waals surface area contributed by atoms with Crippen molar-refractivity contribution in [3.8, 4) is 0 Å². The van der Waals surface area contributed by atoms with Crippen molar-refractivity contribution < 1.29 is 33.9 Å². The fourth-order valence-electron chi connectivity index (χ4n) is 0. The van der Waals surface area contributed by atoms with Crippen LogP contribution < -0.4 is 0 Å². The summed E-state index contributed by atoms with van der Waals surface area (Å²) in [5.74, 6) is 0. The van der Waals surface area contributed by atoms with Gasteiger partial charge >= 0.3 is 23.7 Å². The zero-order valence-electron chi connectivity index (χ0n) is 6.03. The topological polar surface area (TPSA) is 57.5 Å². The Labute approximate surface area is 85.8 Å². The molecule has 0 bridgehead atoms. The molecule has 0 radical (unpaired) electrons. The first kappa shape index (κ1) is 30.5. The number of halogens is 2. The summed E-state index contributed by atoms with van der Waals surface area (Å²) in [6, 6.07) is 0. The van der Waals surface area contributed by atoms with Crippen molar-refractivity contribution in [1.82, 2.24) is 0 Å². The van der Waals surface area contributed by atoms with Gasteiger partial charge in [0.2, 0.25) is 0 Å². The molecule has 0 aliphatic rings. The summed E-state index contributed by atoms with van der Waals surface area (Å²) >= 11 is 0.750. The SMILES string of the molecule is CCO.CCO.Cl.Cl.[O]=[Ti]. The third-order valence-electron chi connectivity index (χ3n) is 0. The quantitative estimate of drug-likeness (QED) is 0.601. The van der Waals surface area contributed by atoms with Crippen LogP contribution >= 0.6 is 24.8 Å². The van der Waals surface area contributed by atoms with Crippen molar-refractivity contribution in [3.63, 3.8) is 0 Å². The Balaban J connectivity index is -0.0000000116. The first-order valence-corrected chi connectivity index (χ1v) is 2.89. The molecule has 0 unspecified atom stereocenters. The monoisotopic (exact) mass is 228 g/mol. The maximum atomic E-state index is 8.25. The van der Waals surface area contributed by atoms with E-state index in [4.69, 9.17) is 13.5 Å². The van der Waals surface area contributed by atoms with Crippen LogP contribution in [0, 0.1) is 0 Å². The molecule has 0 aliphatic carbocycles. The zero-order valence-corrected chi connectivity index (χ0v) is 9.23. The average molecular weight is 229 g/mol. The first-order valence-electron chi connectivity index (χ1n) is 2.25. The van der Waals surface area contributed by atoms with E-state index in [0.717, 1.165) is 20.4 Å². The van der Waals surface area contributed by atoms with E-state index in [0.29, 0.717) is 0 Å². The Bertz CT molecular complexity index is 26.0. The van der Waals surface area contributed by atoms with E-state index in [-0.39, 0.29) is 38.0 Å². The molecular formula is C4H14Cl2O3Ti. The number of rotatable bonds is 0. The molecule has 0 atom stereocenters. The zero-order chi connectivity index (χ0) is 7.41. The molecule has 0 aromatic carbocycles. The number of hydrogen-bond acceptors (Lipinski definition) is 3. The van der Waals surface area contributed by atoms with Crippen molar-refractivity contribution in [2.24, 2.45) is 0 Å². The Morgan fingerprint density at radius 1 is 1.00 bits per heavy atom. The van der Waals surface area contributed by atoms with E-state index in [1.807, 2.05) is 0 Å². The van der Waals surface area contributed by atoms with E-state index in [1.165, 1.54) is 0 Å². The van der Waals surface area contributed by atoms with Crippen LogP contribution in [0.5, 0.6) is 0 Å². The minimum atomic E-state index is 0. The van der Waals surface area contributed by atoms with Gasteiger partial charge < -0.3 is 10.2 Å². The van der Waals surface area contributed by atoms with E-state index in [1.54, 1.807) is 13.8 Å². The van der Waals surface area contributed by atoms with Crippen LogP contribution in [-0.2, 0) is 23.7 Å². The van der Waals surface area contributed by atoms with E-state index in [2.05, 4.69) is 0 Å². The second kappa shape index (κ2) is 89.6. The van der Waals surface area contributed by atoms with E-state index < -0.39 is 0 Å². The number of hydrogen-bond donors (Lipinski definition) is 2. The molecule has 0 saturated heterocycles. The molecule has 2 N–H and O–H groups in total. The van der Waals surface area contributed by atoms with Crippen LogP contribution in [0.25, 0.3) is 0 Å². The molecule has 0 amide bonds. The predicted molar refractivity (Wildman–Crippen MR) is 40.7 cm³/mol. The Kier molecular flexibility index (Phi) is 273. The molecule has 10 heavy (non-hydrogen) atoms. The summed E-state index contributed by atoms with van der Waals surface area (Å²) in [5.41, 5.74) is 0. The fourth-order valence-corrected chi connectivity index (χ4v) is 0. The normalized spacial score (nSPS) is 3.90. The van der Waals surface area contributed by atoms with Gasteiger partial charge in [0.25, 0.3) is 0 Å². The predicted octanol–water partition coefficient (Wildman–Crippen LogP) is 0.719. The van der Waals surface area contributed by atoms with Gasteiger partial charge in [-0.2, -0.15) is 0 Å². The average Bonchev–Trinajstić information content (AvgIpc) is 1.75. The molecule has 0 spiro atoms. The van der Waals surface area contributed by atoms with Gasteiger partial charge in [0, 0.05) is 13.2 Å². The molecule has 0 heterocycles. The third kappa shape index (κ3) is 563. The van der Waals surface area contributed by atoms with Gasteiger partial charge in [0.15, 0.2) is 0 Å². The molecule has 0 aromatic rings. The van der Waals surface area contributed by atoms with Crippen molar-refractivity contribution in [2.75, 3.05) is 13.2 Å². The summed E-state index contributed by atoms with van der Waals surface area (Å²) in [6.07, 6.45) is 0. The Hall–Kier alpha value is 1.01. The molecule has 0 aliphatic heterocycles. The van der Waals surface area contributed by atoms with Gasteiger partial charge in [-0.15, -0.1) is 24.8 Å². The Morgan fingerprint density at radius 2 is 1.00 bits per heavy atom. The summed E-state index contributed by atoms with van der Waals surface area (Å²) in [7, 11) is 0. The second-order valence-corrected chi connectivity index (χ2v) is 0.632. The molecular weight excluding hydrogens is 215 g/mol.